The molecule has 1 fully saturated rings. The predicted molar refractivity (Wildman–Crippen MR) is 107 cm³/mol. The van der Waals surface area contributed by atoms with Crippen LogP contribution in [-0.2, 0) is 6.54 Å². The van der Waals surface area contributed by atoms with Gasteiger partial charge in [0.05, 0.1) is 12.7 Å². The summed E-state index contributed by atoms with van der Waals surface area (Å²) in [6.45, 7) is 2.59. The van der Waals surface area contributed by atoms with Gasteiger partial charge in [0.25, 0.3) is 0 Å². The van der Waals surface area contributed by atoms with Gasteiger partial charge in [-0.2, -0.15) is 5.26 Å². The van der Waals surface area contributed by atoms with Gasteiger partial charge in [0.15, 0.2) is 11.5 Å². The molecule has 5 heteroatoms. The molecule has 0 bridgehead atoms. The Hall–Kier alpha value is -2.71. The van der Waals surface area contributed by atoms with Gasteiger partial charge in [0, 0.05) is 19.0 Å². The van der Waals surface area contributed by atoms with E-state index in [9.17, 15) is 0 Å². The molecule has 1 atom stereocenters. The molecule has 28 heavy (non-hydrogen) atoms. The molecule has 4 rings (SSSR count). The van der Waals surface area contributed by atoms with Crippen LogP contribution in [0, 0.1) is 17.2 Å². The zero-order valence-corrected chi connectivity index (χ0v) is 16.0. The summed E-state index contributed by atoms with van der Waals surface area (Å²) in [5, 5.41) is 12.3. The lowest BCUT2D eigenvalue weighted by molar-refractivity contribution is 0.171. The highest BCUT2D eigenvalue weighted by molar-refractivity contribution is 5.45. The molecule has 1 unspecified atom stereocenters. The highest BCUT2D eigenvalue weighted by atomic mass is 16.6. The quantitative estimate of drug-likeness (QED) is 0.656. The van der Waals surface area contributed by atoms with E-state index >= 15 is 0 Å². The number of nitriles is 1. The summed E-state index contributed by atoms with van der Waals surface area (Å²) in [5.41, 5.74) is 2.46. The third-order valence-electron chi connectivity index (χ3n) is 5.14. The van der Waals surface area contributed by atoms with Gasteiger partial charge < -0.3 is 19.5 Å². The minimum Gasteiger partial charge on any atom is -0.494 e. The van der Waals surface area contributed by atoms with Gasteiger partial charge in [-0.05, 0) is 60.6 Å². The molecule has 1 aliphatic carbocycles. The second kappa shape index (κ2) is 8.99. The summed E-state index contributed by atoms with van der Waals surface area (Å²) < 4.78 is 17.2. The van der Waals surface area contributed by atoms with E-state index in [0.29, 0.717) is 38.2 Å². The minimum absolute atomic E-state index is 0.316. The smallest absolute Gasteiger partial charge is 0.161 e. The number of nitrogens with zero attached hydrogens (tertiary/aromatic N) is 1. The van der Waals surface area contributed by atoms with Crippen molar-refractivity contribution in [1.82, 2.24) is 5.32 Å². The number of hydrogen-bond acceptors (Lipinski definition) is 5. The van der Waals surface area contributed by atoms with Gasteiger partial charge >= 0.3 is 0 Å². The fourth-order valence-electron chi connectivity index (χ4n) is 3.55. The number of ether oxygens (including phenoxy) is 3. The molecule has 1 saturated carbocycles. The molecular formula is C23H26N2O3. The average Bonchev–Trinajstić information content (AvgIpc) is 3.57. The van der Waals surface area contributed by atoms with Crippen LogP contribution < -0.4 is 19.5 Å². The number of nitrogens with one attached hydrogen (secondary N) is 1. The molecule has 0 spiro atoms. The van der Waals surface area contributed by atoms with Crippen molar-refractivity contribution < 1.29 is 14.2 Å². The fourth-order valence-corrected chi connectivity index (χ4v) is 3.55. The van der Waals surface area contributed by atoms with E-state index < -0.39 is 0 Å². The van der Waals surface area contributed by atoms with Crippen LogP contribution in [0.5, 0.6) is 17.2 Å². The molecule has 5 nitrogen and oxygen atoms in total. The van der Waals surface area contributed by atoms with Gasteiger partial charge in [-0.15, -0.1) is 0 Å². The van der Waals surface area contributed by atoms with Gasteiger partial charge in [0.1, 0.15) is 19.0 Å². The maximum Gasteiger partial charge on any atom is 0.161 e. The monoisotopic (exact) mass is 378 g/mol. The molecule has 1 N–H and O–H groups in total. The van der Waals surface area contributed by atoms with Crippen LogP contribution in [-0.4, -0.2) is 19.8 Å². The molecule has 1 aliphatic heterocycles. The van der Waals surface area contributed by atoms with Gasteiger partial charge in [0.2, 0.25) is 0 Å². The van der Waals surface area contributed by atoms with Crippen LogP contribution in [0.3, 0.4) is 0 Å². The topological polar surface area (TPSA) is 63.5 Å². The lowest BCUT2D eigenvalue weighted by atomic mass is 10.0. The summed E-state index contributed by atoms with van der Waals surface area (Å²) in [4.78, 5) is 0. The molecule has 0 aromatic heterocycles. The Morgan fingerprint density at radius 2 is 1.96 bits per heavy atom. The second-order valence-electron chi connectivity index (χ2n) is 7.36. The molecule has 0 radical (unpaired) electrons. The molecule has 2 aromatic rings. The van der Waals surface area contributed by atoms with Gasteiger partial charge in [-0.25, -0.2) is 0 Å². The van der Waals surface area contributed by atoms with Crippen molar-refractivity contribution in [2.45, 2.75) is 38.3 Å². The number of hydrogen-bond donors (Lipinski definition) is 1. The highest BCUT2D eigenvalue weighted by Gasteiger charge is 2.32. The van der Waals surface area contributed by atoms with Crippen molar-refractivity contribution in [3.8, 4) is 23.3 Å². The third kappa shape index (κ3) is 4.76. The van der Waals surface area contributed by atoms with Crippen molar-refractivity contribution in [2.24, 2.45) is 5.92 Å². The van der Waals surface area contributed by atoms with E-state index in [4.69, 9.17) is 19.5 Å². The Bertz CT molecular complexity index is 842. The minimum atomic E-state index is 0.316. The largest absolute Gasteiger partial charge is 0.494 e. The van der Waals surface area contributed by atoms with E-state index in [1.54, 1.807) is 0 Å². The molecule has 146 valence electrons. The maximum atomic E-state index is 8.61. The summed E-state index contributed by atoms with van der Waals surface area (Å²) >= 11 is 0. The van der Waals surface area contributed by atoms with Crippen molar-refractivity contribution in [1.29, 1.82) is 5.26 Å². The molecule has 1 heterocycles. The number of unbranched alkanes of at least 4 members (excludes halogenated alkanes) is 1. The maximum absolute atomic E-state index is 8.61. The Morgan fingerprint density at radius 3 is 2.79 bits per heavy atom. The SMILES string of the molecule is N#CCCCOc1cccc(CNC(c2ccc3c(c2)OCCO3)C2CC2)c1. The summed E-state index contributed by atoms with van der Waals surface area (Å²) in [6.07, 6.45) is 3.80. The fraction of sp³-hybridized carbons (Fsp3) is 0.435. The lowest BCUT2D eigenvalue weighted by Crippen LogP contribution is -2.23. The first-order valence-electron chi connectivity index (χ1n) is 10.0. The Morgan fingerprint density at radius 1 is 1.11 bits per heavy atom. The van der Waals surface area contributed by atoms with E-state index in [-0.39, 0.29) is 0 Å². The van der Waals surface area contributed by atoms with Crippen LogP contribution in [0.2, 0.25) is 0 Å². The number of fused-ring (bicyclic) bond motifs is 1. The van der Waals surface area contributed by atoms with Crippen molar-refractivity contribution in [3.63, 3.8) is 0 Å². The summed E-state index contributed by atoms with van der Waals surface area (Å²) in [6, 6.07) is 16.9. The Balaban J connectivity index is 1.39. The Labute approximate surface area is 166 Å². The number of benzene rings is 2. The van der Waals surface area contributed by atoms with Crippen molar-refractivity contribution in [3.05, 3.63) is 53.6 Å². The van der Waals surface area contributed by atoms with Crippen LogP contribution in [0.25, 0.3) is 0 Å². The van der Waals surface area contributed by atoms with Crippen molar-refractivity contribution >= 4 is 0 Å². The zero-order valence-electron chi connectivity index (χ0n) is 16.0. The third-order valence-corrected chi connectivity index (χ3v) is 5.14. The predicted octanol–water partition coefficient (Wildman–Crippen LogP) is 4.38. The van der Waals surface area contributed by atoms with Crippen LogP contribution in [0.4, 0.5) is 0 Å². The first-order valence-corrected chi connectivity index (χ1v) is 10.0. The molecule has 0 amide bonds. The van der Waals surface area contributed by atoms with Crippen LogP contribution in [0.1, 0.15) is 42.9 Å². The normalized spacial score (nSPS) is 16.2. The van der Waals surface area contributed by atoms with Gasteiger partial charge in [-0.3, -0.25) is 0 Å². The van der Waals surface area contributed by atoms with Crippen molar-refractivity contribution in [2.75, 3.05) is 19.8 Å². The van der Waals surface area contributed by atoms with E-state index in [1.165, 1.54) is 24.0 Å². The zero-order chi connectivity index (χ0) is 19.2. The van der Waals surface area contributed by atoms with E-state index in [1.807, 2.05) is 18.2 Å². The highest BCUT2D eigenvalue weighted by Crippen LogP contribution is 2.43. The van der Waals surface area contributed by atoms with Crippen LogP contribution >= 0.6 is 0 Å². The first kappa shape index (κ1) is 18.6. The summed E-state index contributed by atoms with van der Waals surface area (Å²) in [7, 11) is 0. The lowest BCUT2D eigenvalue weighted by Gasteiger charge is -2.23. The average molecular weight is 378 g/mol. The molecule has 0 saturated heterocycles. The first-order chi connectivity index (χ1) is 13.8. The molecule has 2 aromatic carbocycles. The Kier molecular flexibility index (Phi) is 5.98. The molecular weight excluding hydrogens is 352 g/mol. The summed E-state index contributed by atoms with van der Waals surface area (Å²) in [5.74, 6) is 3.22. The standard InChI is InChI=1S/C23H26N2O3/c24-10-1-2-11-26-20-5-3-4-17(14-20)16-25-23(18-6-7-18)19-8-9-21-22(15-19)28-13-12-27-21/h3-5,8-9,14-15,18,23,25H,1-2,6-7,11-13,16H2. The number of rotatable bonds is 9. The van der Waals surface area contributed by atoms with E-state index in [0.717, 1.165) is 30.2 Å². The van der Waals surface area contributed by atoms with Crippen LogP contribution in [0.15, 0.2) is 42.5 Å². The second-order valence-corrected chi connectivity index (χ2v) is 7.36. The van der Waals surface area contributed by atoms with Gasteiger partial charge in [-0.1, -0.05) is 18.2 Å². The molecule has 2 aliphatic rings. The van der Waals surface area contributed by atoms with E-state index in [2.05, 4.69) is 35.7 Å².